The van der Waals surface area contributed by atoms with Crippen LogP contribution in [0.15, 0.2) is 582 Å². The van der Waals surface area contributed by atoms with Gasteiger partial charge < -0.3 is 0 Å². The largest absolute Gasteiger partial charge is 0.0622 e. The Morgan fingerprint density at radius 2 is 0.138 bits per heavy atom. The van der Waals surface area contributed by atoms with Crippen molar-refractivity contribution in [3.05, 3.63) is 649 Å². The van der Waals surface area contributed by atoms with Crippen molar-refractivity contribution in [3.63, 3.8) is 0 Å². The van der Waals surface area contributed by atoms with Gasteiger partial charge in [-0.25, -0.2) is 0 Å². The minimum atomic E-state index is 1.07. The minimum absolute atomic E-state index is 1.07. The molecule has 0 atom stereocenters. The van der Waals surface area contributed by atoms with Crippen LogP contribution in [-0.2, 0) is 0 Å². The summed E-state index contributed by atoms with van der Waals surface area (Å²) < 4.78 is 0. The highest BCUT2D eigenvalue weighted by Gasteiger charge is 2.34. The number of hydrogen-bond acceptors (Lipinski definition) is 0. The summed E-state index contributed by atoms with van der Waals surface area (Å²) in [4.78, 5) is 0. The maximum Gasteiger partial charge on any atom is -0.00139 e. The lowest BCUT2D eigenvalue weighted by Gasteiger charge is -2.29. The van der Waals surface area contributed by atoms with Gasteiger partial charge in [0.05, 0.1) is 0 Å². The van der Waals surface area contributed by atoms with E-state index in [9.17, 15) is 0 Å². The standard InChI is InChI=1S/C138H96/c1-17-49-97(50-18-1)121(98-51-19-2-20-52-98)123(101-57-25-5-26-58-101)113-81-89-117(90-82-113)135-131(109-73-41-13-42-74-109)127(105-65-33-9-34-66-105)129(107-69-37-11-38-70-107)133(111-77-45-15-46-78-111)137(135)119-93-85-115(86-94-119)125(103-61-29-7-30-62-103)126(104-63-31-8-32-64-104)116-87-95-120(96-88-116)138-134(112-79-47-16-48-80-112)130(108-71-39-12-40-72-108)128(106-67-35-10-36-68-106)132(110-75-43-14-44-76-110)136(138)118-91-83-114(84-92-118)124(102-59-27-6-28-60-102)122(99-53-21-3-22-54-99)100-55-23-4-24-56-100/h1-96H/b126-125+. The van der Waals surface area contributed by atoms with Crippen LogP contribution in [0.2, 0.25) is 0 Å². The van der Waals surface area contributed by atoms with Crippen LogP contribution in [0, 0.1) is 0 Å². The van der Waals surface area contributed by atoms with E-state index in [0.717, 1.165) is 234 Å². The zero-order valence-electron chi connectivity index (χ0n) is 76.4. The lowest BCUT2D eigenvalue weighted by atomic mass is 9.73. The second-order valence-corrected chi connectivity index (χ2v) is 34.9. The summed E-state index contributed by atoms with van der Waals surface area (Å²) in [6.07, 6.45) is 0. The Hall–Kier alpha value is -17.9. The smallest absolute Gasteiger partial charge is 0.00139 e. The Morgan fingerprint density at radius 3 is 0.232 bits per heavy atom. The molecule has 648 valence electrons. The lowest BCUT2D eigenvalue weighted by Crippen LogP contribution is -2.03. The average Bonchev–Trinajstić information content (AvgIpc) is 0.716. The molecule has 0 N–H and O–H groups in total. The highest BCUT2D eigenvalue weighted by Crippen LogP contribution is 2.60. The van der Waals surface area contributed by atoms with Crippen molar-refractivity contribution in [2.24, 2.45) is 0 Å². The number of rotatable bonds is 24. The Labute approximate surface area is 810 Å². The number of benzene rings is 22. The molecule has 0 amide bonds. The van der Waals surface area contributed by atoms with Gasteiger partial charge in [0.2, 0.25) is 0 Å². The monoisotopic (exact) mass is 1750 g/mol. The molecule has 22 aromatic rings. The molecule has 0 saturated heterocycles. The van der Waals surface area contributed by atoms with Crippen LogP contribution >= 0.6 is 0 Å². The topological polar surface area (TPSA) is 0 Å². The molecule has 0 aliphatic rings. The third kappa shape index (κ3) is 17.3. The Kier molecular flexibility index (Phi) is 24.7. The highest BCUT2D eigenvalue weighted by atomic mass is 14.4. The third-order valence-electron chi connectivity index (χ3n) is 26.6. The van der Waals surface area contributed by atoms with Gasteiger partial charge in [0.1, 0.15) is 0 Å². The van der Waals surface area contributed by atoms with Gasteiger partial charge >= 0.3 is 0 Å². The lowest BCUT2D eigenvalue weighted by molar-refractivity contribution is 1.48. The van der Waals surface area contributed by atoms with Gasteiger partial charge in [0, 0.05) is 0 Å². The first kappa shape index (κ1) is 85.5. The van der Waals surface area contributed by atoms with Crippen LogP contribution in [0.3, 0.4) is 0 Å². The molecule has 0 unspecified atom stereocenters. The molecule has 0 spiro atoms. The molecule has 0 bridgehead atoms. The molecule has 0 heterocycles. The average molecular weight is 1750 g/mol. The zero-order chi connectivity index (χ0) is 92.1. The quantitative estimate of drug-likeness (QED) is 0.0529. The van der Waals surface area contributed by atoms with Gasteiger partial charge in [0.25, 0.3) is 0 Å². The third-order valence-corrected chi connectivity index (χ3v) is 26.6. The maximum absolute atomic E-state index is 2.41. The van der Waals surface area contributed by atoms with Crippen molar-refractivity contribution in [1.82, 2.24) is 0 Å². The summed E-state index contributed by atoms with van der Waals surface area (Å²) in [7, 11) is 0. The summed E-state index contributed by atoms with van der Waals surface area (Å²) in [6, 6.07) is 215. The Bertz CT molecular complexity index is 7470. The van der Waals surface area contributed by atoms with E-state index in [0.29, 0.717) is 0 Å². The van der Waals surface area contributed by atoms with E-state index in [2.05, 4.69) is 582 Å². The molecule has 22 rings (SSSR count). The van der Waals surface area contributed by atoms with Crippen LogP contribution in [0.25, 0.3) is 167 Å². The van der Waals surface area contributed by atoms with Crippen LogP contribution in [-0.4, -0.2) is 0 Å². The molecule has 138 heavy (non-hydrogen) atoms. The predicted octanol–water partition coefficient (Wildman–Crippen LogP) is 36.7. The van der Waals surface area contributed by atoms with E-state index in [1.807, 2.05) is 0 Å². The van der Waals surface area contributed by atoms with E-state index in [4.69, 9.17) is 0 Å². The summed E-state index contributed by atoms with van der Waals surface area (Å²) in [5, 5.41) is 0. The van der Waals surface area contributed by atoms with Gasteiger partial charge in [-0.05, 0) is 234 Å². The van der Waals surface area contributed by atoms with Gasteiger partial charge in [-0.2, -0.15) is 0 Å². The molecular weight excluding hydrogens is 1660 g/mol. The van der Waals surface area contributed by atoms with Gasteiger partial charge in [0.15, 0.2) is 0 Å². The van der Waals surface area contributed by atoms with Crippen molar-refractivity contribution in [2.75, 3.05) is 0 Å². The van der Waals surface area contributed by atoms with Crippen molar-refractivity contribution >= 4 is 33.4 Å². The molecule has 0 nitrogen and oxygen atoms in total. The van der Waals surface area contributed by atoms with E-state index in [-0.39, 0.29) is 0 Å². The molecule has 22 aromatic carbocycles. The maximum atomic E-state index is 2.41. The Morgan fingerprint density at radius 1 is 0.0652 bits per heavy atom. The molecule has 0 fully saturated rings. The van der Waals surface area contributed by atoms with Crippen molar-refractivity contribution in [3.8, 4) is 134 Å². The second kappa shape index (κ2) is 39.9. The van der Waals surface area contributed by atoms with E-state index >= 15 is 0 Å². The van der Waals surface area contributed by atoms with Crippen LogP contribution in [0.1, 0.15) is 66.8 Å². The van der Waals surface area contributed by atoms with Crippen molar-refractivity contribution < 1.29 is 0 Å². The fourth-order valence-corrected chi connectivity index (χ4v) is 20.6. The van der Waals surface area contributed by atoms with Crippen LogP contribution < -0.4 is 0 Å². The number of hydrogen-bond donors (Lipinski definition) is 0. The normalized spacial score (nSPS) is 11.3. The van der Waals surface area contributed by atoms with Gasteiger partial charge in [-0.15, -0.1) is 0 Å². The van der Waals surface area contributed by atoms with E-state index in [1.54, 1.807) is 0 Å². The molecule has 0 aliphatic heterocycles. The molecule has 0 heteroatoms. The molecule has 0 saturated carbocycles. The Balaban J connectivity index is 0.795. The van der Waals surface area contributed by atoms with Gasteiger partial charge in [-0.3, -0.25) is 0 Å². The van der Waals surface area contributed by atoms with Crippen molar-refractivity contribution in [1.29, 1.82) is 0 Å². The molecular formula is C138H96. The van der Waals surface area contributed by atoms with Crippen LogP contribution in [0.5, 0.6) is 0 Å². The first-order valence-electron chi connectivity index (χ1n) is 47.6. The summed E-state index contributed by atoms with van der Waals surface area (Å²) >= 11 is 0. The van der Waals surface area contributed by atoms with Gasteiger partial charge in [-0.1, -0.05) is 582 Å². The minimum Gasteiger partial charge on any atom is -0.0622 e. The fraction of sp³-hybridized carbons (Fsp3) is 0. The SMILES string of the molecule is c1ccc(C(=C(c2ccccc2)c2ccc(-c3c(-c4ccccc4)c(-c4ccccc4)c(-c4ccccc4)c(-c4ccccc4)c3-c3ccc(/C(=C(\c4ccccc4)c4ccc(-c5c(-c6ccccc6)c(-c6ccccc6)c(-c6ccccc6)c(-c6ccccc6)c5-c5ccc(C(=C(c6ccccc6)c6ccccc6)c6ccccc6)cc5)cc4)c4ccccc4)cc3)cc2)c2ccccc2)cc1. The highest BCUT2D eigenvalue weighted by molar-refractivity contribution is 6.19. The predicted molar refractivity (Wildman–Crippen MR) is 585 cm³/mol. The van der Waals surface area contributed by atoms with Crippen LogP contribution in [0.4, 0.5) is 0 Å². The summed E-state index contributed by atoms with van der Waals surface area (Å²) in [5.74, 6) is 0. The van der Waals surface area contributed by atoms with Crippen molar-refractivity contribution in [2.45, 2.75) is 0 Å². The summed E-state index contributed by atoms with van der Waals surface area (Å²) in [5.41, 5.74) is 47.1. The fourth-order valence-electron chi connectivity index (χ4n) is 20.6. The second-order valence-electron chi connectivity index (χ2n) is 34.9. The summed E-state index contributed by atoms with van der Waals surface area (Å²) in [6.45, 7) is 0. The first-order chi connectivity index (χ1) is 68.6. The van der Waals surface area contributed by atoms with E-state index < -0.39 is 0 Å². The molecule has 0 aliphatic carbocycles. The molecule has 0 aromatic heterocycles. The van der Waals surface area contributed by atoms with E-state index in [1.165, 1.54) is 0 Å². The molecule has 0 radical (unpaired) electrons. The zero-order valence-corrected chi connectivity index (χ0v) is 76.4. The first-order valence-corrected chi connectivity index (χ1v) is 47.6.